The number of carbonyl (C=O) groups excluding carboxylic acids is 1. The summed E-state index contributed by atoms with van der Waals surface area (Å²) in [6, 6.07) is 13.9. The molecule has 1 heterocycles. The van der Waals surface area contributed by atoms with E-state index in [0.29, 0.717) is 12.2 Å². The molecule has 0 aliphatic heterocycles. The smallest absolute Gasteiger partial charge is 0.269 e. The summed E-state index contributed by atoms with van der Waals surface area (Å²) in [5, 5.41) is 6.24. The molecule has 0 bridgehead atoms. The van der Waals surface area contributed by atoms with Gasteiger partial charge in [0.15, 0.2) is 0 Å². The van der Waals surface area contributed by atoms with E-state index in [1.54, 1.807) is 12.3 Å². The molecule has 0 spiro atoms. The Balaban J connectivity index is 1.77. The van der Waals surface area contributed by atoms with Crippen molar-refractivity contribution in [2.45, 2.75) is 39.2 Å². The lowest BCUT2D eigenvalue weighted by molar-refractivity contribution is 0.0948. The first-order valence-electron chi connectivity index (χ1n) is 8.00. The van der Waals surface area contributed by atoms with E-state index in [4.69, 9.17) is 0 Å². The molecular weight excluding hydrogens is 286 g/mol. The van der Waals surface area contributed by atoms with Crippen LogP contribution in [-0.4, -0.2) is 23.0 Å². The number of nitrogens with one attached hydrogen (secondary N) is 2. The Morgan fingerprint density at radius 3 is 2.43 bits per heavy atom. The van der Waals surface area contributed by atoms with E-state index in [2.05, 4.69) is 48.5 Å². The van der Waals surface area contributed by atoms with Gasteiger partial charge in [0.05, 0.1) is 11.9 Å². The number of aryl methyl sites for hydroxylation is 1. The third-order valence-corrected chi connectivity index (χ3v) is 3.29. The highest BCUT2D eigenvalue weighted by Gasteiger charge is 2.11. The third kappa shape index (κ3) is 6.10. The molecule has 0 fully saturated rings. The fourth-order valence-electron chi connectivity index (χ4n) is 2.26. The molecule has 0 atom stereocenters. The van der Waals surface area contributed by atoms with Gasteiger partial charge in [-0.2, -0.15) is 0 Å². The van der Waals surface area contributed by atoms with Gasteiger partial charge in [-0.25, -0.2) is 4.98 Å². The number of amides is 1. The quantitative estimate of drug-likeness (QED) is 0.801. The molecular formula is C19H25N3O. The Kier molecular flexibility index (Phi) is 5.74. The molecule has 4 heteroatoms. The van der Waals surface area contributed by atoms with E-state index in [1.807, 2.05) is 24.3 Å². The Morgan fingerprint density at radius 1 is 1.09 bits per heavy atom. The van der Waals surface area contributed by atoms with E-state index in [-0.39, 0.29) is 11.4 Å². The molecule has 1 amide bonds. The summed E-state index contributed by atoms with van der Waals surface area (Å²) in [7, 11) is 0. The molecule has 0 saturated heterocycles. The predicted molar refractivity (Wildman–Crippen MR) is 94.7 cm³/mol. The molecule has 0 saturated carbocycles. The molecule has 0 aliphatic carbocycles. The van der Waals surface area contributed by atoms with Gasteiger partial charge >= 0.3 is 0 Å². The highest BCUT2D eigenvalue weighted by atomic mass is 16.1. The van der Waals surface area contributed by atoms with E-state index < -0.39 is 0 Å². The van der Waals surface area contributed by atoms with Gasteiger partial charge in [-0.05, 0) is 51.3 Å². The minimum absolute atomic E-state index is 0.0249. The number of hydrogen-bond acceptors (Lipinski definition) is 3. The first-order chi connectivity index (χ1) is 10.9. The molecule has 0 radical (unpaired) electrons. The number of carbonyl (C=O) groups is 1. The highest BCUT2D eigenvalue weighted by Crippen LogP contribution is 2.13. The number of benzene rings is 1. The fraction of sp³-hybridized carbons (Fsp3) is 0.368. The molecule has 2 aromatic rings. The summed E-state index contributed by atoms with van der Waals surface area (Å²) < 4.78 is 0. The van der Waals surface area contributed by atoms with Gasteiger partial charge in [-0.3, -0.25) is 4.79 Å². The van der Waals surface area contributed by atoms with E-state index in [9.17, 15) is 4.79 Å². The van der Waals surface area contributed by atoms with Crippen LogP contribution in [0, 0.1) is 0 Å². The lowest BCUT2D eigenvalue weighted by Gasteiger charge is -2.21. The molecule has 122 valence electrons. The van der Waals surface area contributed by atoms with Gasteiger partial charge in [0.25, 0.3) is 5.91 Å². The summed E-state index contributed by atoms with van der Waals surface area (Å²) in [6.07, 6.45) is 3.58. The Hall–Kier alpha value is -2.36. The predicted octanol–water partition coefficient (Wildman–Crippen LogP) is 3.65. The van der Waals surface area contributed by atoms with Crippen molar-refractivity contribution < 1.29 is 4.79 Å². The van der Waals surface area contributed by atoms with Crippen molar-refractivity contribution in [3.05, 3.63) is 59.9 Å². The highest BCUT2D eigenvalue weighted by molar-refractivity contribution is 5.92. The van der Waals surface area contributed by atoms with Crippen LogP contribution in [0.2, 0.25) is 0 Å². The molecule has 0 aliphatic rings. The van der Waals surface area contributed by atoms with E-state index in [0.717, 1.165) is 18.5 Å². The monoisotopic (exact) mass is 311 g/mol. The van der Waals surface area contributed by atoms with Crippen LogP contribution in [0.25, 0.3) is 0 Å². The SMILES string of the molecule is CC(C)(C)Nc1ccc(C(=O)NCCCc2ccccc2)nc1. The summed E-state index contributed by atoms with van der Waals surface area (Å²) >= 11 is 0. The largest absolute Gasteiger partial charge is 0.379 e. The second-order valence-electron chi connectivity index (χ2n) is 6.65. The zero-order chi connectivity index (χ0) is 16.7. The lowest BCUT2D eigenvalue weighted by atomic mass is 10.1. The van der Waals surface area contributed by atoms with Gasteiger partial charge < -0.3 is 10.6 Å². The Labute approximate surface area is 138 Å². The topological polar surface area (TPSA) is 54.0 Å². The van der Waals surface area contributed by atoms with Crippen LogP contribution in [0.1, 0.15) is 43.2 Å². The van der Waals surface area contributed by atoms with Crippen molar-refractivity contribution in [3.8, 4) is 0 Å². The molecule has 0 unspecified atom stereocenters. The van der Waals surface area contributed by atoms with Gasteiger partial charge in [0.2, 0.25) is 0 Å². The van der Waals surface area contributed by atoms with Crippen LogP contribution in [0.15, 0.2) is 48.7 Å². The first kappa shape index (κ1) is 17.0. The average Bonchev–Trinajstić information content (AvgIpc) is 2.51. The number of pyridine rings is 1. The number of anilines is 1. The molecule has 23 heavy (non-hydrogen) atoms. The van der Waals surface area contributed by atoms with Gasteiger partial charge in [-0.15, -0.1) is 0 Å². The summed E-state index contributed by atoms with van der Waals surface area (Å²) in [5.41, 5.74) is 2.63. The number of rotatable bonds is 6. The number of hydrogen-bond donors (Lipinski definition) is 2. The summed E-state index contributed by atoms with van der Waals surface area (Å²) in [6.45, 7) is 6.90. The van der Waals surface area contributed by atoms with Crippen molar-refractivity contribution in [2.24, 2.45) is 0 Å². The zero-order valence-electron chi connectivity index (χ0n) is 14.1. The Bertz CT molecular complexity index is 615. The van der Waals surface area contributed by atoms with Crippen molar-refractivity contribution >= 4 is 11.6 Å². The van der Waals surface area contributed by atoms with Gasteiger partial charge in [-0.1, -0.05) is 30.3 Å². The fourth-order valence-corrected chi connectivity index (χ4v) is 2.26. The number of aromatic nitrogens is 1. The molecule has 1 aromatic carbocycles. The van der Waals surface area contributed by atoms with Crippen LogP contribution in [0.4, 0.5) is 5.69 Å². The molecule has 2 rings (SSSR count). The normalized spacial score (nSPS) is 11.1. The average molecular weight is 311 g/mol. The second kappa shape index (κ2) is 7.77. The summed E-state index contributed by atoms with van der Waals surface area (Å²) in [4.78, 5) is 16.3. The van der Waals surface area contributed by atoms with E-state index >= 15 is 0 Å². The third-order valence-electron chi connectivity index (χ3n) is 3.29. The van der Waals surface area contributed by atoms with Crippen molar-refractivity contribution in [1.82, 2.24) is 10.3 Å². The maximum atomic E-state index is 12.1. The van der Waals surface area contributed by atoms with Crippen LogP contribution in [0.3, 0.4) is 0 Å². The zero-order valence-corrected chi connectivity index (χ0v) is 14.1. The van der Waals surface area contributed by atoms with Crippen LogP contribution in [0.5, 0.6) is 0 Å². The van der Waals surface area contributed by atoms with Crippen LogP contribution >= 0.6 is 0 Å². The lowest BCUT2D eigenvalue weighted by Crippen LogP contribution is -2.27. The second-order valence-corrected chi connectivity index (χ2v) is 6.65. The Morgan fingerprint density at radius 2 is 1.83 bits per heavy atom. The minimum atomic E-state index is -0.125. The van der Waals surface area contributed by atoms with Gasteiger partial charge in [0.1, 0.15) is 5.69 Å². The maximum Gasteiger partial charge on any atom is 0.269 e. The standard InChI is InChI=1S/C19H25N3O/c1-19(2,3)22-16-11-12-17(21-14-16)18(23)20-13-7-10-15-8-5-4-6-9-15/h4-6,8-9,11-12,14,22H,7,10,13H2,1-3H3,(H,20,23). The molecule has 4 nitrogen and oxygen atoms in total. The first-order valence-corrected chi connectivity index (χ1v) is 8.00. The van der Waals surface area contributed by atoms with Crippen molar-refractivity contribution in [3.63, 3.8) is 0 Å². The van der Waals surface area contributed by atoms with Crippen molar-refractivity contribution in [2.75, 3.05) is 11.9 Å². The number of nitrogens with zero attached hydrogens (tertiary/aromatic N) is 1. The van der Waals surface area contributed by atoms with Crippen molar-refractivity contribution in [1.29, 1.82) is 0 Å². The molecule has 1 aromatic heterocycles. The minimum Gasteiger partial charge on any atom is -0.379 e. The van der Waals surface area contributed by atoms with Crippen LogP contribution in [-0.2, 0) is 6.42 Å². The van der Waals surface area contributed by atoms with Gasteiger partial charge in [0, 0.05) is 12.1 Å². The molecule has 2 N–H and O–H groups in total. The van der Waals surface area contributed by atoms with E-state index in [1.165, 1.54) is 5.56 Å². The maximum absolute atomic E-state index is 12.1. The summed E-state index contributed by atoms with van der Waals surface area (Å²) in [5.74, 6) is -0.125. The van der Waals surface area contributed by atoms with Crippen LogP contribution < -0.4 is 10.6 Å².